The zero-order valence-electron chi connectivity index (χ0n) is 11.5. The van der Waals surface area contributed by atoms with Crippen molar-refractivity contribution in [3.8, 4) is 0 Å². The average Bonchev–Trinajstić information content (AvgIpc) is 2.70. The van der Waals surface area contributed by atoms with E-state index in [0.717, 1.165) is 12.8 Å². The number of hydrogen-bond acceptors (Lipinski definition) is 4. The molecule has 2 N–H and O–H groups in total. The van der Waals surface area contributed by atoms with E-state index in [-0.39, 0.29) is 29.5 Å². The van der Waals surface area contributed by atoms with E-state index in [0.29, 0.717) is 12.5 Å². The lowest BCUT2D eigenvalue weighted by atomic mass is 9.95. The van der Waals surface area contributed by atoms with Crippen LogP contribution < -0.4 is 10.6 Å². The van der Waals surface area contributed by atoms with E-state index in [4.69, 9.17) is 0 Å². The Balaban J connectivity index is 1.76. The van der Waals surface area contributed by atoms with Gasteiger partial charge in [0.05, 0.1) is 17.5 Å². The molecule has 2 rings (SSSR count). The molecule has 2 fully saturated rings. The highest BCUT2D eigenvalue weighted by atomic mass is 32.2. The van der Waals surface area contributed by atoms with Crippen LogP contribution in [0.5, 0.6) is 0 Å². The normalized spacial score (nSPS) is 29.0. The Hall–Kier alpha value is -0.620. The van der Waals surface area contributed by atoms with Gasteiger partial charge in [-0.1, -0.05) is 19.3 Å². The molecule has 1 amide bonds. The fraction of sp³-hybridized carbons (Fsp3) is 0.923. The Labute approximate surface area is 115 Å². The Morgan fingerprint density at radius 1 is 1.11 bits per heavy atom. The molecule has 19 heavy (non-hydrogen) atoms. The van der Waals surface area contributed by atoms with E-state index in [1.807, 2.05) is 6.92 Å². The van der Waals surface area contributed by atoms with E-state index in [1.165, 1.54) is 19.3 Å². The summed E-state index contributed by atoms with van der Waals surface area (Å²) in [6, 6.07) is -0.0878. The van der Waals surface area contributed by atoms with Crippen molar-refractivity contribution in [3.05, 3.63) is 0 Å². The van der Waals surface area contributed by atoms with Crippen molar-refractivity contribution in [1.29, 1.82) is 0 Å². The molecule has 2 aliphatic rings. The largest absolute Gasteiger partial charge is 0.352 e. The molecule has 1 heterocycles. The summed E-state index contributed by atoms with van der Waals surface area (Å²) in [4.78, 5) is 12.0. The van der Waals surface area contributed by atoms with Gasteiger partial charge in [-0.3, -0.25) is 4.79 Å². The SMILES string of the molecule is CC(NC1CCS(=O)(=O)C1)C(=O)NC1CCCCC1. The van der Waals surface area contributed by atoms with E-state index in [1.54, 1.807) is 0 Å². The minimum atomic E-state index is -2.89. The van der Waals surface area contributed by atoms with Gasteiger partial charge in [0, 0.05) is 12.1 Å². The number of rotatable bonds is 4. The van der Waals surface area contributed by atoms with Crippen molar-refractivity contribution in [2.75, 3.05) is 11.5 Å². The lowest BCUT2D eigenvalue weighted by Gasteiger charge is -2.25. The predicted octanol–water partition coefficient (Wildman–Crippen LogP) is 0.600. The molecule has 0 aromatic carbocycles. The van der Waals surface area contributed by atoms with Gasteiger partial charge in [-0.2, -0.15) is 0 Å². The van der Waals surface area contributed by atoms with Crippen molar-refractivity contribution in [2.24, 2.45) is 0 Å². The van der Waals surface area contributed by atoms with E-state index < -0.39 is 9.84 Å². The molecule has 0 aromatic rings. The first-order chi connectivity index (χ1) is 8.96. The first-order valence-electron chi connectivity index (χ1n) is 7.23. The molecule has 1 saturated carbocycles. The van der Waals surface area contributed by atoms with Gasteiger partial charge in [0.25, 0.3) is 0 Å². The molecule has 6 heteroatoms. The monoisotopic (exact) mass is 288 g/mol. The van der Waals surface area contributed by atoms with Gasteiger partial charge >= 0.3 is 0 Å². The highest BCUT2D eigenvalue weighted by molar-refractivity contribution is 7.91. The number of carbonyl (C=O) groups is 1. The lowest BCUT2D eigenvalue weighted by Crippen LogP contribution is -2.50. The molecule has 110 valence electrons. The van der Waals surface area contributed by atoms with Crippen molar-refractivity contribution in [3.63, 3.8) is 0 Å². The molecular weight excluding hydrogens is 264 g/mol. The molecule has 1 aliphatic heterocycles. The average molecular weight is 288 g/mol. The minimum absolute atomic E-state index is 0.00352. The zero-order valence-corrected chi connectivity index (χ0v) is 12.3. The summed E-state index contributed by atoms with van der Waals surface area (Å²) in [6.07, 6.45) is 6.39. The fourth-order valence-corrected chi connectivity index (χ4v) is 4.62. The van der Waals surface area contributed by atoms with Crippen molar-refractivity contribution in [1.82, 2.24) is 10.6 Å². The van der Waals surface area contributed by atoms with Crippen molar-refractivity contribution < 1.29 is 13.2 Å². The molecule has 2 atom stereocenters. The summed E-state index contributed by atoms with van der Waals surface area (Å²) in [5.74, 6) is 0.395. The number of sulfone groups is 1. The maximum Gasteiger partial charge on any atom is 0.237 e. The van der Waals surface area contributed by atoms with Crippen LogP contribution in [0.25, 0.3) is 0 Å². The Kier molecular flexibility index (Phi) is 4.84. The number of hydrogen-bond donors (Lipinski definition) is 2. The highest BCUT2D eigenvalue weighted by Gasteiger charge is 2.30. The summed E-state index contributed by atoms with van der Waals surface area (Å²) < 4.78 is 22.7. The van der Waals surface area contributed by atoms with E-state index in [2.05, 4.69) is 10.6 Å². The Bertz CT molecular complexity index is 416. The first kappa shape index (κ1) is 14.8. The Morgan fingerprint density at radius 3 is 2.37 bits per heavy atom. The van der Waals surface area contributed by atoms with Gasteiger partial charge in [-0.05, 0) is 26.2 Å². The molecule has 0 aromatic heterocycles. The van der Waals surface area contributed by atoms with Crippen LogP contribution in [-0.4, -0.2) is 44.0 Å². The third kappa shape index (κ3) is 4.45. The lowest BCUT2D eigenvalue weighted by molar-refractivity contribution is -0.123. The minimum Gasteiger partial charge on any atom is -0.352 e. The molecule has 1 aliphatic carbocycles. The van der Waals surface area contributed by atoms with Gasteiger partial charge < -0.3 is 10.6 Å². The summed E-state index contributed by atoms with van der Waals surface area (Å²) in [5.41, 5.74) is 0. The fourth-order valence-electron chi connectivity index (χ4n) is 2.93. The summed E-state index contributed by atoms with van der Waals surface area (Å²) >= 11 is 0. The van der Waals surface area contributed by atoms with Crippen LogP contribution in [0.1, 0.15) is 45.4 Å². The maximum atomic E-state index is 12.0. The van der Waals surface area contributed by atoms with Crippen LogP contribution in [0.4, 0.5) is 0 Å². The molecule has 5 nitrogen and oxygen atoms in total. The number of nitrogens with one attached hydrogen (secondary N) is 2. The predicted molar refractivity (Wildman–Crippen MR) is 74.7 cm³/mol. The third-order valence-corrected chi connectivity index (χ3v) is 5.83. The van der Waals surface area contributed by atoms with Crippen LogP contribution in [0, 0.1) is 0 Å². The molecule has 0 spiro atoms. The van der Waals surface area contributed by atoms with Crippen molar-refractivity contribution in [2.45, 2.75) is 63.6 Å². The second-order valence-electron chi connectivity index (χ2n) is 5.83. The van der Waals surface area contributed by atoms with Gasteiger partial charge in [0.1, 0.15) is 0 Å². The van der Waals surface area contributed by atoms with E-state index >= 15 is 0 Å². The van der Waals surface area contributed by atoms with Gasteiger partial charge in [-0.25, -0.2) is 8.42 Å². The van der Waals surface area contributed by atoms with Crippen molar-refractivity contribution >= 4 is 15.7 Å². The second kappa shape index (κ2) is 6.22. The standard InChI is InChI=1S/C13H24N2O3S/c1-10(14-12-7-8-19(17,18)9-12)13(16)15-11-5-3-2-4-6-11/h10-12,14H,2-9H2,1H3,(H,15,16). The van der Waals surface area contributed by atoms with Gasteiger partial charge in [0.2, 0.25) is 5.91 Å². The number of carbonyl (C=O) groups excluding carboxylic acids is 1. The second-order valence-corrected chi connectivity index (χ2v) is 8.06. The zero-order chi connectivity index (χ0) is 13.9. The third-order valence-electron chi connectivity index (χ3n) is 4.06. The first-order valence-corrected chi connectivity index (χ1v) is 9.05. The topological polar surface area (TPSA) is 75.3 Å². The van der Waals surface area contributed by atoms with Crippen LogP contribution in [0.15, 0.2) is 0 Å². The van der Waals surface area contributed by atoms with Crippen LogP contribution in [0.3, 0.4) is 0 Å². The van der Waals surface area contributed by atoms with Crippen LogP contribution in [-0.2, 0) is 14.6 Å². The molecular formula is C13H24N2O3S. The van der Waals surface area contributed by atoms with E-state index in [9.17, 15) is 13.2 Å². The molecule has 1 saturated heterocycles. The molecule has 0 bridgehead atoms. The maximum absolute atomic E-state index is 12.0. The summed E-state index contributed by atoms with van der Waals surface area (Å²) in [6.45, 7) is 1.81. The molecule has 0 radical (unpaired) electrons. The van der Waals surface area contributed by atoms with Gasteiger partial charge in [-0.15, -0.1) is 0 Å². The number of amides is 1. The summed E-state index contributed by atoms with van der Waals surface area (Å²) in [7, 11) is -2.89. The van der Waals surface area contributed by atoms with Crippen LogP contribution >= 0.6 is 0 Å². The summed E-state index contributed by atoms with van der Waals surface area (Å²) in [5, 5.41) is 6.19. The van der Waals surface area contributed by atoms with Crippen LogP contribution in [0.2, 0.25) is 0 Å². The molecule has 2 unspecified atom stereocenters. The Morgan fingerprint density at radius 2 is 1.79 bits per heavy atom. The smallest absolute Gasteiger partial charge is 0.237 e. The van der Waals surface area contributed by atoms with Gasteiger partial charge in [0.15, 0.2) is 9.84 Å². The highest BCUT2D eigenvalue weighted by Crippen LogP contribution is 2.17. The quantitative estimate of drug-likeness (QED) is 0.794.